The van der Waals surface area contributed by atoms with Crippen molar-refractivity contribution in [1.29, 1.82) is 0 Å². The molecule has 1 saturated heterocycles. The van der Waals surface area contributed by atoms with E-state index in [-0.39, 0.29) is 24.4 Å². The van der Waals surface area contributed by atoms with Crippen LogP contribution in [0.25, 0.3) is 0 Å². The Bertz CT molecular complexity index is 227. The molecule has 3 nitrogen and oxygen atoms in total. The second kappa shape index (κ2) is 5.17. The van der Waals surface area contributed by atoms with Gasteiger partial charge in [-0.05, 0) is 37.6 Å². The van der Waals surface area contributed by atoms with Crippen LogP contribution < -0.4 is 5.32 Å². The number of halogens is 1. The van der Waals surface area contributed by atoms with E-state index in [0.29, 0.717) is 5.41 Å². The summed E-state index contributed by atoms with van der Waals surface area (Å²) >= 11 is 0. The zero-order valence-electron chi connectivity index (χ0n) is 9.25. The molecule has 1 spiro atoms. The topological polar surface area (TPSA) is 38.3 Å². The maximum absolute atomic E-state index is 11.4. The van der Waals surface area contributed by atoms with E-state index in [1.807, 2.05) is 0 Å². The lowest BCUT2D eigenvalue weighted by molar-refractivity contribution is -0.145. The normalized spacial score (nSPS) is 28.5. The second-order valence-electron chi connectivity index (χ2n) is 4.69. The summed E-state index contributed by atoms with van der Waals surface area (Å²) in [6, 6.07) is -0.0492. The van der Waals surface area contributed by atoms with E-state index in [1.54, 1.807) is 0 Å². The molecule has 0 bridgehead atoms. The van der Waals surface area contributed by atoms with Gasteiger partial charge in [-0.3, -0.25) is 4.79 Å². The molecule has 2 rings (SSSR count). The van der Waals surface area contributed by atoms with E-state index in [1.165, 1.54) is 39.2 Å². The lowest BCUT2D eigenvalue weighted by atomic mass is 9.75. The minimum absolute atomic E-state index is 0. The van der Waals surface area contributed by atoms with Crippen LogP contribution in [0.15, 0.2) is 0 Å². The van der Waals surface area contributed by atoms with Crippen LogP contribution in [0.3, 0.4) is 0 Å². The van der Waals surface area contributed by atoms with Gasteiger partial charge < -0.3 is 10.1 Å². The molecule has 1 heterocycles. The molecule has 0 radical (unpaired) electrons. The van der Waals surface area contributed by atoms with Crippen LogP contribution in [0.5, 0.6) is 0 Å². The predicted molar refractivity (Wildman–Crippen MR) is 61.2 cm³/mol. The molecule has 0 aromatic rings. The van der Waals surface area contributed by atoms with Crippen molar-refractivity contribution < 1.29 is 9.53 Å². The number of ether oxygens (including phenoxy) is 1. The van der Waals surface area contributed by atoms with Gasteiger partial charge in [0, 0.05) is 0 Å². The fourth-order valence-electron chi connectivity index (χ4n) is 3.01. The Labute approximate surface area is 97.4 Å². The number of carbonyl (C=O) groups is 1. The van der Waals surface area contributed by atoms with Gasteiger partial charge in [0.25, 0.3) is 0 Å². The monoisotopic (exact) mass is 233 g/mol. The summed E-state index contributed by atoms with van der Waals surface area (Å²) in [6.45, 7) is 0.972. The molecule has 0 aromatic carbocycles. The van der Waals surface area contributed by atoms with Crippen molar-refractivity contribution in [2.45, 2.75) is 44.6 Å². The minimum Gasteiger partial charge on any atom is -0.468 e. The number of carbonyl (C=O) groups excluding carboxylic acids is 1. The summed E-state index contributed by atoms with van der Waals surface area (Å²) in [5.41, 5.74) is 0.462. The Morgan fingerprint density at radius 2 is 2.00 bits per heavy atom. The Morgan fingerprint density at radius 3 is 2.60 bits per heavy atom. The summed E-state index contributed by atoms with van der Waals surface area (Å²) in [4.78, 5) is 11.4. The van der Waals surface area contributed by atoms with Crippen LogP contribution in [0.1, 0.15) is 38.5 Å². The van der Waals surface area contributed by atoms with E-state index in [4.69, 9.17) is 4.74 Å². The van der Waals surface area contributed by atoms with Gasteiger partial charge in [0.2, 0.25) is 0 Å². The summed E-state index contributed by atoms with van der Waals surface area (Å²) < 4.78 is 4.79. The molecule has 0 amide bonds. The number of piperidine rings is 1. The Balaban J connectivity index is 0.00000112. The third-order valence-corrected chi connectivity index (χ3v) is 3.83. The van der Waals surface area contributed by atoms with Crippen LogP contribution in [-0.4, -0.2) is 25.7 Å². The van der Waals surface area contributed by atoms with Gasteiger partial charge >= 0.3 is 5.97 Å². The molecule has 1 aliphatic carbocycles. The number of methoxy groups -OCH3 is 1. The summed E-state index contributed by atoms with van der Waals surface area (Å²) in [5, 5.41) is 3.25. The van der Waals surface area contributed by atoms with Crippen LogP contribution in [-0.2, 0) is 9.53 Å². The molecule has 2 fully saturated rings. The first-order valence-corrected chi connectivity index (χ1v) is 5.57. The fourth-order valence-corrected chi connectivity index (χ4v) is 3.01. The molecule has 15 heavy (non-hydrogen) atoms. The van der Waals surface area contributed by atoms with Crippen LogP contribution in [0.4, 0.5) is 0 Å². The Hall–Kier alpha value is -0.280. The molecule has 1 unspecified atom stereocenters. The molecule has 2 aliphatic rings. The molecule has 1 atom stereocenters. The molecule has 88 valence electrons. The third kappa shape index (κ3) is 2.64. The van der Waals surface area contributed by atoms with Gasteiger partial charge in [0.05, 0.1) is 7.11 Å². The van der Waals surface area contributed by atoms with Crippen LogP contribution in [0.2, 0.25) is 0 Å². The van der Waals surface area contributed by atoms with E-state index in [0.717, 1.165) is 13.0 Å². The van der Waals surface area contributed by atoms with Crippen molar-refractivity contribution in [2.75, 3.05) is 13.7 Å². The highest BCUT2D eigenvalue weighted by Crippen LogP contribution is 2.46. The number of esters is 1. The number of rotatable bonds is 1. The van der Waals surface area contributed by atoms with Gasteiger partial charge in [-0.1, -0.05) is 12.8 Å². The SMILES string of the molecule is COC(=O)C1CC2(CCCC2)CCN1.Cl. The lowest BCUT2D eigenvalue weighted by Crippen LogP contribution is -2.47. The van der Waals surface area contributed by atoms with Crippen molar-refractivity contribution in [3.63, 3.8) is 0 Å². The molecule has 1 aliphatic heterocycles. The van der Waals surface area contributed by atoms with E-state index < -0.39 is 0 Å². The number of nitrogens with one attached hydrogen (secondary N) is 1. The van der Waals surface area contributed by atoms with Crippen molar-refractivity contribution in [1.82, 2.24) is 5.32 Å². The average molecular weight is 234 g/mol. The van der Waals surface area contributed by atoms with E-state index in [2.05, 4.69) is 5.32 Å². The van der Waals surface area contributed by atoms with Crippen molar-refractivity contribution in [3.05, 3.63) is 0 Å². The lowest BCUT2D eigenvalue weighted by Gasteiger charge is -2.37. The number of hydrogen-bond donors (Lipinski definition) is 1. The minimum atomic E-state index is -0.0871. The maximum Gasteiger partial charge on any atom is 0.322 e. The highest BCUT2D eigenvalue weighted by Gasteiger charge is 2.40. The van der Waals surface area contributed by atoms with Crippen LogP contribution >= 0.6 is 12.4 Å². The van der Waals surface area contributed by atoms with Crippen LogP contribution in [0, 0.1) is 5.41 Å². The van der Waals surface area contributed by atoms with Gasteiger partial charge in [-0.25, -0.2) is 0 Å². The smallest absolute Gasteiger partial charge is 0.322 e. The average Bonchev–Trinajstić information content (AvgIpc) is 2.65. The summed E-state index contributed by atoms with van der Waals surface area (Å²) in [6.07, 6.45) is 7.52. The third-order valence-electron chi connectivity index (χ3n) is 3.83. The zero-order valence-corrected chi connectivity index (χ0v) is 10.1. The van der Waals surface area contributed by atoms with Crippen molar-refractivity contribution >= 4 is 18.4 Å². The van der Waals surface area contributed by atoms with Gasteiger partial charge in [-0.2, -0.15) is 0 Å². The summed E-state index contributed by atoms with van der Waals surface area (Å²) in [5.74, 6) is -0.0871. The standard InChI is InChI=1S/C11H19NO2.ClH/c1-14-10(13)9-8-11(6-7-12-9)4-2-3-5-11;/h9,12H,2-8H2,1H3;1H. The quantitative estimate of drug-likeness (QED) is 0.703. The van der Waals surface area contributed by atoms with Crippen molar-refractivity contribution in [3.8, 4) is 0 Å². The highest BCUT2D eigenvalue weighted by atomic mass is 35.5. The fraction of sp³-hybridized carbons (Fsp3) is 0.909. The van der Waals surface area contributed by atoms with Gasteiger partial charge in [-0.15, -0.1) is 12.4 Å². The van der Waals surface area contributed by atoms with E-state index >= 15 is 0 Å². The highest BCUT2D eigenvalue weighted by molar-refractivity contribution is 5.85. The van der Waals surface area contributed by atoms with Gasteiger partial charge in [0.15, 0.2) is 0 Å². The van der Waals surface area contributed by atoms with E-state index in [9.17, 15) is 4.79 Å². The second-order valence-corrected chi connectivity index (χ2v) is 4.69. The first kappa shape index (κ1) is 12.8. The molecule has 1 N–H and O–H groups in total. The predicted octanol–water partition coefficient (Wildman–Crippen LogP) is 1.89. The Morgan fingerprint density at radius 1 is 1.33 bits per heavy atom. The van der Waals surface area contributed by atoms with Crippen molar-refractivity contribution in [2.24, 2.45) is 5.41 Å². The number of hydrogen-bond acceptors (Lipinski definition) is 3. The first-order valence-electron chi connectivity index (χ1n) is 5.57. The molecule has 0 aromatic heterocycles. The van der Waals surface area contributed by atoms with Gasteiger partial charge in [0.1, 0.15) is 6.04 Å². The molecular formula is C11H20ClNO2. The summed E-state index contributed by atoms with van der Waals surface area (Å²) in [7, 11) is 1.47. The molecule has 1 saturated carbocycles. The Kier molecular flexibility index (Phi) is 4.41. The molecular weight excluding hydrogens is 214 g/mol. The maximum atomic E-state index is 11.4. The largest absolute Gasteiger partial charge is 0.468 e. The molecule has 4 heteroatoms. The zero-order chi connectivity index (χ0) is 10.0. The first-order chi connectivity index (χ1) is 6.76.